The van der Waals surface area contributed by atoms with Gasteiger partial charge in [0.05, 0.1) is 5.56 Å². The largest absolute Gasteiger partial charge is 0.478 e. The maximum absolute atomic E-state index is 10.8. The first-order valence-corrected chi connectivity index (χ1v) is 7.84. The number of aromatic carboxylic acids is 1. The standard InChI is InChI=1S/C11H8O2.C11H8O/c12-11(13)10-7-3-5-8-4-1-2-6-9(8)10;12-8-10-6-3-5-9-4-1-2-7-11(9)10/h1-7H,(H,12,13);1-8H. The molecule has 0 aliphatic heterocycles. The molecule has 4 aromatic rings. The van der Waals surface area contributed by atoms with Gasteiger partial charge in [-0.1, -0.05) is 78.9 Å². The van der Waals surface area contributed by atoms with Crippen molar-refractivity contribution in [2.75, 3.05) is 0 Å². The Balaban J connectivity index is 0.000000146. The van der Waals surface area contributed by atoms with Gasteiger partial charge in [-0.3, -0.25) is 4.79 Å². The van der Waals surface area contributed by atoms with Crippen molar-refractivity contribution in [3.63, 3.8) is 0 Å². The molecule has 0 saturated heterocycles. The summed E-state index contributed by atoms with van der Waals surface area (Å²) in [6, 6.07) is 26.3. The zero-order valence-electron chi connectivity index (χ0n) is 13.4. The molecule has 0 aliphatic rings. The Hall–Kier alpha value is -3.46. The minimum Gasteiger partial charge on any atom is -0.478 e. The van der Waals surface area contributed by atoms with Crippen molar-refractivity contribution in [1.82, 2.24) is 0 Å². The quantitative estimate of drug-likeness (QED) is 0.515. The first kappa shape index (κ1) is 16.4. The smallest absolute Gasteiger partial charge is 0.336 e. The number of carbonyl (C=O) groups excluding carboxylic acids is 1. The molecule has 4 aromatic carbocycles. The van der Waals surface area contributed by atoms with E-state index in [9.17, 15) is 9.59 Å². The summed E-state index contributed by atoms with van der Waals surface area (Å²) in [5.74, 6) is -0.878. The normalized spacial score (nSPS) is 10.1. The van der Waals surface area contributed by atoms with Gasteiger partial charge in [0.25, 0.3) is 0 Å². The van der Waals surface area contributed by atoms with Crippen molar-refractivity contribution >= 4 is 33.8 Å². The molecule has 122 valence electrons. The van der Waals surface area contributed by atoms with E-state index in [-0.39, 0.29) is 0 Å². The molecule has 1 N–H and O–H groups in total. The van der Waals surface area contributed by atoms with Gasteiger partial charge in [0.1, 0.15) is 0 Å². The number of benzene rings is 4. The Morgan fingerprint density at radius 2 is 1.20 bits per heavy atom. The summed E-state index contributed by atoms with van der Waals surface area (Å²) < 4.78 is 0. The van der Waals surface area contributed by atoms with Crippen LogP contribution >= 0.6 is 0 Å². The molecule has 4 rings (SSSR count). The van der Waals surface area contributed by atoms with E-state index in [0.29, 0.717) is 5.56 Å². The van der Waals surface area contributed by atoms with Crippen LogP contribution in [0.2, 0.25) is 0 Å². The lowest BCUT2D eigenvalue weighted by atomic mass is 10.1. The Labute approximate surface area is 145 Å². The van der Waals surface area contributed by atoms with Gasteiger partial charge in [-0.25, -0.2) is 4.79 Å². The summed E-state index contributed by atoms with van der Waals surface area (Å²) in [4.78, 5) is 21.4. The zero-order chi connectivity index (χ0) is 17.6. The third-order valence-corrected chi connectivity index (χ3v) is 3.97. The Bertz CT molecular complexity index is 1040. The van der Waals surface area contributed by atoms with Crippen LogP contribution < -0.4 is 0 Å². The molecule has 0 amide bonds. The summed E-state index contributed by atoms with van der Waals surface area (Å²) in [6.45, 7) is 0. The Kier molecular flexibility index (Phi) is 4.86. The third kappa shape index (κ3) is 3.56. The molecule has 0 spiro atoms. The maximum Gasteiger partial charge on any atom is 0.336 e. The van der Waals surface area contributed by atoms with E-state index >= 15 is 0 Å². The number of aldehydes is 1. The summed E-state index contributed by atoms with van der Waals surface area (Å²) >= 11 is 0. The third-order valence-electron chi connectivity index (χ3n) is 3.97. The highest BCUT2D eigenvalue weighted by Crippen LogP contribution is 2.18. The monoisotopic (exact) mass is 328 g/mol. The molecular formula is C22H16O3. The van der Waals surface area contributed by atoms with Gasteiger partial charge in [-0.2, -0.15) is 0 Å². The van der Waals surface area contributed by atoms with E-state index in [0.717, 1.165) is 33.4 Å². The van der Waals surface area contributed by atoms with Crippen LogP contribution in [0.1, 0.15) is 20.7 Å². The summed E-state index contributed by atoms with van der Waals surface area (Å²) in [5, 5.41) is 12.8. The van der Waals surface area contributed by atoms with Crippen molar-refractivity contribution < 1.29 is 14.7 Å². The van der Waals surface area contributed by atoms with Crippen molar-refractivity contribution in [1.29, 1.82) is 0 Å². The molecule has 0 fully saturated rings. The minimum atomic E-state index is -0.878. The predicted molar refractivity (Wildman–Crippen MR) is 100 cm³/mol. The van der Waals surface area contributed by atoms with Crippen molar-refractivity contribution in [2.45, 2.75) is 0 Å². The number of fused-ring (bicyclic) bond motifs is 2. The molecular weight excluding hydrogens is 312 g/mol. The lowest BCUT2D eigenvalue weighted by molar-refractivity contribution is 0.0699. The van der Waals surface area contributed by atoms with Crippen LogP contribution in [0.5, 0.6) is 0 Å². The van der Waals surface area contributed by atoms with Gasteiger partial charge in [0.2, 0.25) is 0 Å². The molecule has 0 aliphatic carbocycles. The Morgan fingerprint density at radius 3 is 1.84 bits per heavy atom. The average molecular weight is 328 g/mol. The highest BCUT2D eigenvalue weighted by Gasteiger charge is 2.05. The molecule has 3 heteroatoms. The van der Waals surface area contributed by atoms with E-state index in [1.54, 1.807) is 12.1 Å². The van der Waals surface area contributed by atoms with Crippen LogP contribution in [-0.2, 0) is 0 Å². The molecule has 0 radical (unpaired) electrons. The zero-order valence-corrected chi connectivity index (χ0v) is 13.4. The van der Waals surface area contributed by atoms with Crippen LogP contribution in [0.15, 0.2) is 84.9 Å². The van der Waals surface area contributed by atoms with E-state index in [4.69, 9.17) is 5.11 Å². The molecule has 0 saturated carbocycles. The first-order valence-electron chi connectivity index (χ1n) is 7.84. The van der Waals surface area contributed by atoms with Gasteiger partial charge < -0.3 is 5.11 Å². The number of carbonyl (C=O) groups is 2. The number of rotatable bonds is 2. The van der Waals surface area contributed by atoms with Crippen LogP contribution in [-0.4, -0.2) is 17.4 Å². The minimum absolute atomic E-state index is 0.359. The number of carboxylic acid groups (broad SMARTS) is 1. The second-order valence-corrected chi connectivity index (χ2v) is 5.52. The van der Waals surface area contributed by atoms with Gasteiger partial charge in [0, 0.05) is 5.56 Å². The molecule has 0 atom stereocenters. The fraction of sp³-hybridized carbons (Fsp3) is 0. The fourth-order valence-corrected chi connectivity index (χ4v) is 2.77. The van der Waals surface area contributed by atoms with Gasteiger partial charge >= 0.3 is 5.97 Å². The van der Waals surface area contributed by atoms with Crippen molar-refractivity contribution in [2.24, 2.45) is 0 Å². The molecule has 0 unspecified atom stereocenters. The average Bonchev–Trinajstić information content (AvgIpc) is 2.67. The van der Waals surface area contributed by atoms with Gasteiger partial charge in [-0.15, -0.1) is 0 Å². The van der Waals surface area contributed by atoms with Gasteiger partial charge in [0.15, 0.2) is 6.29 Å². The van der Waals surface area contributed by atoms with Crippen LogP contribution in [0, 0.1) is 0 Å². The Morgan fingerprint density at radius 1 is 0.680 bits per heavy atom. The van der Waals surface area contributed by atoms with Crippen LogP contribution in [0.3, 0.4) is 0 Å². The first-order chi connectivity index (χ1) is 12.2. The van der Waals surface area contributed by atoms with Crippen molar-refractivity contribution in [3.8, 4) is 0 Å². The number of hydrogen-bond acceptors (Lipinski definition) is 2. The van der Waals surface area contributed by atoms with E-state index < -0.39 is 5.97 Å². The summed E-state index contributed by atoms with van der Waals surface area (Å²) in [7, 11) is 0. The van der Waals surface area contributed by atoms with E-state index in [1.165, 1.54) is 0 Å². The lowest BCUT2D eigenvalue weighted by Gasteiger charge is -2.00. The number of carboxylic acids is 1. The predicted octanol–water partition coefficient (Wildman–Crippen LogP) is 5.19. The van der Waals surface area contributed by atoms with E-state index in [1.807, 2.05) is 72.8 Å². The summed E-state index contributed by atoms with van der Waals surface area (Å²) in [6.07, 6.45) is 0.891. The second kappa shape index (κ2) is 7.41. The molecule has 0 heterocycles. The lowest BCUT2D eigenvalue weighted by Crippen LogP contribution is -1.96. The molecule has 0 aromatic heterocycles. The second-order valence-electron chi connectivity index (χ2n) is 5.52. The van der Waals surface area contributed by atoms with Crippen LogP contribution in [0.4, 0.5) is 0 Å². The topological polar surface area (TPSA) is 54.4 Å². The molecule has 0 bridgehead atoms. The molecule has 3 nitrogen and oxygen atoms in total. The highest BCUT2D eigenvalue weighted by atomic mass is 16.4. The van der Waals surface area contributed by atoms with Crippen LogP contribution in [0.25, 0.3) is 21.5 Å². The SMILES string of the molecule is O=C(O)c1cccc2ccccc12.O=Cc1cccc2ccccc12. The number of hydrogen-bond donors (Lipinski definition) is 1. The maximum atomic E-state index is 10.8. The van der Waals surface area contributed by atoms with Crippen molar-refractivity contribution in [3.05, 3.63) is 96.1 Å². The fourth-order valence-electron chi connectivity index (χ4n) is 2.77. The van der Waals surface area contributed by atoms with E-state index in [2.05, 4.69) is 0 Å². The molecule has 25 heavy (non-hydrogen) atoms. The summed E-state index contributed by atoms with van der Waals surface area (Å²) in [5.41, 5.74) is 1.12. The highest BCUT2D eigenvalue weighted by molar-refractivity contribution is 6.03. The van der Waals surface area contributed by atoms with Gasteiger partial charge in [-0.05, 0) is 27.6 Å².